The molecule has 0 fully saturated rings. The van der Waals surface area contributed by atoms with Gasteiger partial charge in [-0.3, -0.25) is 10.2 Å². The molecule has 1 aliphatic rings. The molecule has 1 amide bonds. The van der Waals surface area contributed by atoms with Crippen LogP contribution in [0.15, 0.2) is 72.8 Å². The van der Waals surface area contributed by atoms with Gasteiger partial charge >= 0.3 is 0 Å². The Morgan fingerprint density at radius 1 is 1.03 bits per heavy atom. The number of anilines is 1. The van der Waals surface area contributed by atoms with Gasteiger partial charge in [0.15, 0.2) is 0 Å². The van der Waals surface area contributed by atoms with E-state index in [4.69, 9.17) is 20.6 Å². The summed E-state index contributed by atoms with van der Waals surface area (Å²) >= 11 is 0. The molecule has 0 saturated carbocycles. The average molecular weight is 487 g/mol. The highest BCUT2D eigenvalue weighted by atomic mass is 16.5. The molecule has 0 aromatic heterocycles. The van der Waals surface area contributed by atoms with Crippen molar-refractivity contribution in [3.8, 4) is 11.5 Å². The summed E-state index contributed by atoms with van der Waals surface area (Å²) in [5.74, 6) is 0.962. The van der Waals surface area contributed by atoms with E-state index in [1.54, 1.807) is 18.2 Å². The monoisotopic (exact) mass is 486 g/mol. The summed E-state index contributed by atoms with van der Waals surface area (Å²) in [5, 5.41) is 7.92. The van der Waals surface area contributed by atoms with Gasteiger partial charge < -0.3 is 25.0 Å². The van der Waals surface area contributed by atoms with E-state index in [1.807, 2.05) is 59.5 Å². The Kier molecular flexibility index (Phi) is 8.23. The van der Waals surface area contributed by atoms with Crippen molar-refractivity contribution < 1.29 is 14.3 Å². The number of unbranched alkanes of at least 4 members (excludes halogenated alkanes) is 2. The van der Waals surface area contributed by atoms with Gasteiger partial charge in [0.25, 0.3) is 5.91 Å². The van der Waals surface area contributed by atoms with Crippen molar-refractivity contribution in [1.82, 2.24) is 4.90 Å². The van der Waals surface area contributed by atoms with Crippen LogP contribution in [0.3, 0.4) is 0 Å². The van der Waals surface area contributed by atoms with Crippen molar-refractivity contribution in [1.29, 1.82) is 5.41 Å². The van der Waals surface area contributed by atoms with E-state index < -0.39 is 6.10 Å². The first-order valence-corrected chi connectivity index (χ1v) is 12.3. The largest absolute Gasteiger partial charge is 0.488 e. The number of nitrogens with zero attached hydrogens (tertiary/aromatic N) is 2. The zero-order chi connectivity index (χ0) is 25.5. The van der Waals surface area contributed by atoms with Gasteiger partial charge in [0.05, 0.1) is 5.69 Å². The van der Waals surface area contributed by atoms with E-state index >= 15 is 0 Å². The van der Waals surface area contributed by atoms with E-state index in [2.05, 4.69) is 19.0 Å². The molecule has 1 heterocycles. The summed E-state index contributed by atoms with van der Waals surface area (Å²) in [6.07, 6.45) is 2.10. The number of fused-ring (bicyclic) bond motifs is 1. The smallest absolute Gasteiger partial charge is 0.273 e. The number of nitrogens with two attached hydrogens (primary N) is 1. The Labute approximate surface area is 212 Å². The van der Waals surface area contributed by atoms with Gasteiger partial charge in [-0.05, 0) is 69.4 Å². The number of amides is 1. The fraction of sp³-hybridized carbons (Fsp3) is 0.310. The molecule has 0 bridgehead atoms. The molecule has 1 unspecified atom stereocenters. The van der Waals surface area contributed by atoms with Gasteiger partial charge in [-0.2, -0.15) is 0 Å². The number of hydrogen-bond acceptors (Lipinski definition) is 5. The number of hydrogen-bond donors (Lipinski definition) is 2. The highest BCUT2D eigenvalue weighted by Crippen LogP contribution is 2.41. The number of benzene rings is 3. The van der Waals surface area contributed by atoms with Crippen LogP contribution in [-0.2, 0) is 11.4 Å². The summed E-state index contributed by atoms with van der Waals surface area (Å²) in [5.41, 5.74) is 8.66. The third-order valence-corrected chi connectivity index (χ3v) is 6.22. The van der Waals surface area contributed by atoms with Crippen LogP contribution in [0.1, 0.15) is 42.1 Å². The molecule has 0 radical (unpaired) electrons. The number of carbonyl (C=O) groups is 1. The van der Waals surface area contributed by atoms with Crippen molar-refractivity contribution >= 4 is 17.4 Å². The number of amidine groups is 1. The van der Waals surface area contributed by atoms with Crippen LogP contribution in [0.2, 0.25) is 0 Å². The van der Waals surface area contributed by atoms with Crippen LogP contribution in [-0.4, -0.2) is 43.8 Å². The second-order valence-corrected chi connectivity index (χ2v) is 9.26. The lowest BCUT2D eigenvalue weighted by molar-refractivity contribution is -0.126. The molecule has 0 saturated heterocycles. The molecule has 0 aliphatic carbocycles. The lowest BCUT2D eigenvalue weighted by Gasteiger charge is -2.35. The Bertz CT molecular complexity index is 1200. The molecular weight excluding hydrogens is 452 g/mol. The molecule has 188 valence electrons. The molecular formula is C29H34N4O3. The van der Waals surface area contributed by atoms with E-state index in [0.717, 1.165) is 37.1 Å². The lowest BCUT2D eigenvalue weighted by Crippen LogP contribution is -2.42. The zero-order valence-electron chi connectivity index (χ0n) is 20.9. The maximum absolute atomic E-state index is 13.8. The number of nitrogen functional groups attached to an aromatic ring is 1. The summed E-state index contributed by atoms with van der Waals surface area (Å²) in [4.78, 5) is 17.8. The minimum Gasteiger partial charge on any atom is -0.488 e. The molecule has 3 N–H and O–H groups in total. The molecule has 7 nitrogen and oxygen atoms in total. The first-order chi connectivity index (χ1) is 17.4. The lowest BCUT2D eigenvalue weighted by atomic mass is 10.0. The topological polar surface area (TPSA) is 91.9 Å². The predicted octanol–water partition coefficient (Wildman–Crippen LogP) is 4.75. The highest BCUT2D eigenvalue weighted by molar-refractivity contribution is 6.01. The quantitative estimate of drug-likeness (QED) is 0.232. The molecule has 1 aliphatic heterocycles. The van der Waals surface area contributed by atoms with Gasteiger partial charge in [0.2, 0.25) is 6.10 Å². The molecule has 3 aromatic rings. The van der Waals surface area contributed by atoms with Crippen molar-refractivity contribution in [3.63, 3.8) is 0 Å². The molecule has 3 aromatic carbocycles. The normalized spacial score (nSPS) is 14.9. The van der Waals surface area contributed by atoms with Crippen LogP contribution < -0.4 is 20.1 Å². The minimum absolute atomic E-state index is 0.0766. The Balaban J connectivity index is 1.62. The Morgan fingerprint density at radius 2 is 1.78 bits per heavy atom. The van der Waals surface area contributed by atoms with Crippen molar-refractivity contribution in [2.45, 2.75) is 32.0 Å². The predicted molar refractivity (Wildman–Crippen MR) is 143 cm³/mol. The van der Waals surface area contributed by atoms with Crippen LogP contribution in [0.4, 0.5) is 5.69 Å². The van der Waals surface area contributed by atoms with Crippen molar-refractivity contribution in [2.75, 3.05) is 32.1 Å². The second-order valence-electron chi connectivity index (χ2n) is 9.26. The maximum Gasteiger partial charge on any atom is 0.273 e. The Hall–Kier alpha value is -3.84. The van der Waals surface area contributed by atoms with Gasteiger partial charge in [-0.1, -0.05) is 48.9 Å². The first-order valence-electron chi connectivity index (χ1n) is 12.3. The van der Waals surface area contributed by atoms with Gasteiger partial charge in [0.1, 0.15) is 23.9 Å². The highest BCUT2D eigenvalue weighted by Gasteiger charge is 2.37. The van der Waals surface area contributed by atoms with Crippen molar-refractivity contribution in [2.24, 2.45) is 5.73 Å². The fourth-order valence-electron chi connectivity index (χ4n) is 4.31. The second kappa shape index (κ2) is 11.7. The number of ether oxygens (including phenoxy) is 2. The fourth-order valence-corrected chi connectivity index (χ4v) is 4.31. The minimum atomic E-state index is -0.897. The third-order valence-electron chi connectivity index (χ3n) is 6.22. The van der Waals surface area contributed by atoms with Crippen LogP contribution in [0, 0.1) is 5.41 Å². The first kappa shape index (κ1) is 25.3. The van der Waals surface area contributed by atoms with E-state index in [0.29, 0.717) is 35.8 Å². The van der Waals surface area contributed by atoms with Crippen LogP contribution >= 0.6 is 0 Å². The van der Waals surface area contributed by atoms with E-state index in [9.17, 15) is 4.79 Å². The molecule has 1 atom stereocenters. The SMILES string of the molecule is CN(C)CCCCCN1C(=O)C(c2cc(C(=N)N)ccc2OCc2ccccc2)Oc2ccccc21. The number of para-hydroxylation sites is 2. The summed E-state index contributed by atoms with van der Waals surface area (Å²) in [6.45, 7) is 1.98. The Morgan fingerprint density at radius 3 is 2.53 bits per heavy atom. The van der Waals surface area contributed by atoms with E-state index in [-0.39, 0.29) is 11.7 Å². The molecule has 36 heavy (non-hydrogen) atoms. The van der Waals surface area contributed by atoms with Crippen LogP contribution in [0.5, 0.6) is 11.5 Å². The van der Waals surface area contributed by atoms with E-state index in [1.165, 1.54) is 0 Å². The number of carbonyl (C=O) groups excluding carboxylic acids is 1. The standard InChI is InChI=1S/C29H34N4O3/c1-32(2)17-9-4-10-18-33-24-13-7-8-14-26(24)36-27(29(33)34)23-19-22(28(30)31)15-16-25(23)35-20-21-11-5-3-6-12-21/h3,5-8,11-16,19,27H,4,9-10,17-18,20H2,1-2H3,(H3,30,31). The van der Waals surface area contributed by atoms with Gasteiger partial charge in [-0.25, -0.2) is 0 Å². The summed E-state index contributed by atoms with van der Waals surface area (Å²) in [7, 11) is 4.14. The molecule has 0 spiro atoms. The van der Waals surface area contributed by atoms with Crippen LogP contribution in [0.25, 0.3) is 0 Å². The van der Waals surface area contributed by atoms with Gasteiger partial charge in [0, 0.05) is 17.7 Å². The molecule has 4 rings (SSSR count). The third kappa shape index (κ3) is 6.04. The van der Waals surface area contributed by atoms with Crippen molar-refractivity contribution in [3.05, 3.63) is 89.5 Å². The molecule has 7 heteroatoms. The summed E-state index contributed by atoms with van der Waals surface area (Å²) in [6, 6.07) is 22.7. The maximum atomic E-state index is 13.8. The number of rotatable bonds is 11. The van der Waals surface area contributed by atoms with Gasteiger partial charge in [-0.15, -0.1) is 0 Å². The zero-order valence-corrected chi connectivity index (χ0v) is 20.9. The summed E-state index contributed by atoms with van der Waals surface area (Å²) < 4.78 is 12.4. The number of nitrogens with one attached hydrogen (secondary N) is 1. The average Bonchev–Trinajstić information content (AvgIpc) is 2.88.